The average molecular weight is 409 g/mol. The molecule has 0 saturated carbocycles. The van der Waals surface area contributed by atoms with Crippen molar-refractivity contribution in [3.63, 3.8) is 0 Å². The number of rotatable bonds is 5. The quantitative estimate of drug-likeness (QED) is 0.632. The third-order valence-electron chi connectivity index (χ3n) is 6.10. The minimum absolute atomic E-state index is 0.0105. The van der Waals surface area contributed by atoms with E-state index in [0.717, 1.165) is 41.6 Å². The van der Waals surface area contributed by atoms with Crippen LogP contribution < -0.4 is 5.69 Å². The van der Waals surface area contributed by atoms with E-state index in [1.807, 2.05) is 47.6 Å². The number of aromatic amines is 2. The van der Waals surface area contributed by atoms with Crippen LogP contribution in [-0.2, 0) is 6.42 Å². The van der Waals surface area contributed by atoms with Crippen LogP contribution in [0.3, 0.4) is 0 Å². The van der Waals surface area contributed by atoms with Crippen LogP contribution in [0.25, 0.3) is 11.0 Å². The fourth-order valence-corrected chi connectivity index (χ4v) is 4.76. The summed E-state index contributed by atoms with van der Waals surface area (Å²) in [5, 5.41) is 0. The third-order valence-corrected chi connectivity index (χ3v) is 6.10. The van der Waals surface area contributed by atoms with E-state index in [-0.39, 0.29) is 23.4 Å². The Kier molecular flexibility index (Phi) is 5.37. The van der Waals surface area contributed by atoms with E-state index in [4.69, 9.17) is 0 Å². The number of amides is 1. The fourth-order valence-electron chi connectivity index (χ4n) is 4.76. The second-order valence-corrected chi connectivity index (χ2v) is 8.13. The van der Waals surface area contributed by atoms with Crippen molar-refractivity contribution in [2.24, 2.45) is 0 Å². The molecule has 0 atom stereocenters. The number of aryl methyl sites for hydroxylation is 1. The number of carbonyl (C=O) groups is 2. The lowest BCUT2D eigenvalue weighted by molar-refractivity contribution is 0.0688. The van der Waals surface area contributed by atoms with E-state index < -0.39 is 0 Å². The summed E-state index contributed by atoms with van der Waals surface area (Å²) in [6, 6.07) is 7.76. The van der Waals surface area contributed by atoms with Crippen LogP contribution in [0.4, 0.5) is 0 Å². The highest BCUT2D eigenvalue weighted by Crippen LogP contribution is 2.28. The Balaban J connectivity index is 1.55. The van der Waals surface area contributed by atoms with Gasteiger partial charge in [-0.05, 0) is 50.8 Å². The Labute approximate surface area is 175 Å². The van der Waals surface area contributed by atoms with Gasteiger partial charge in [0.15, 0.2) is 5.78 Å². The molecule has 1 aromatic carbocycles. The van der Waals surface area contributed by atoms with Crippen molar-refractivity contribution in [3.05, 3.63) is 57.3 Å². The zero-order valence-corrected chi connectivity index (χ0v) is 17.7. The van der Waals surface area contributed by atoms with E-state index in [1.54, 1.807) is 6.92 Å². The lowest BCUT2D eigenvalue weighted by Gasteiger charge is -2.32. The number of Topliss-reactive ketones (excluding diaryl/α,β-unsaturated/α-hetero) is 1. The SMILES string of the molecule is CCCc1c(C(=O)N2CCC(n3c(=O)[nH]c4ccccc43)CC2)[nH]c(C)c1C(C)=O. The second-order valence-electron chi connectivity index (χ2n) is 8.13. The largest absolute Gasteiger partial charge is 0.354 e. The molecule has 30 heavy (non-hydrogen) atoms. The number of fused-ring (bicyclic) bond motifs is 1. The highest BCUT2D eigenvalue weighted by molar-refractivity contribution is 6.02. The van der Waals surface area contributed by atoms with Gasteiger partial charge in [0.25, 0.3) is 5.91 Å². The third kappa shape index (κ3) is 3.38. The van der Waals surface area contributed by atoms with Crippen LogP contribution in [0, 0.1) is 6.92 Å². The Morgan fingerprint density at radius 3 is 2.50 bits per heavy atom. The number of ketones is 1. The van der Waals surface area contributed by atoms with Gasteiger partial charge in [-0.2, -0.15) is 0 Å². The maximum Gasteiger partial charge on any atom is 0.326 e. The Hall–Kier alpha value is -3.09. The summed E-state index contributed by atoms with van der Waals surface area (Å²) < 4.78 is 1.83. The topological polar surface area (TPSA) is 91.0 Å². The molecule has 3 heterocycles. The zero-order chi connectivity index (χ0) is 21.4. The predicted molar refractivity (Wildman–Crippen MR) is 116 cm³/mol. The Morgan fingerprint density at radius 2 is 1.83 bits per heavy atom. The van der Waals surface area contributed by atoms with Gasteiger partial charge in [0.2, 0.25) is 0 Å². The average Bonchev–Trinajstić information content (AvgIpc) is 3.23. The molecule has 1 amide bonds. The van der Waals surface area contributed by atoms with Gasteiger partial charge >= 0.3 is 5.69 Å². The molecule has 158 valence electrons. The van der Waals surface area contributed by atoms with Crippen molar-refractivity contribution in [2.75, 3.05) is 13.1 Å². The van der Waals surface area contributed by atoms with E-state index in [0.29, 0.717) is 30.8 Å². The van der Waals surface area contributed by atoms with Crippen LogP contribution in [0.1, 0.15) is 71.3 Å². The van der Waals surface area contributed by atoms with Crippen molar-refractivity contribution in [1.82, 2.24) is 19.4 Å². The Bertz CT molecular complexity index is 1160. The zero-order valence-electron chi connectivity index (χ0n) is 17.7. The molecule has 0 radical (unpaired) electrons. The number of benzene rings is 1. The van der Waals surface area contributed by atoms with E-state index in [9.17, 15) is 14.4 Å². The summed E-state index contributed by atoms with van der Waals surface area (Å²) in [4.78, 5) is 45.8. The molecule has 1 fully saturated rings. The minimum atomic E-state index is -0.0997. The molecule has 7 nitrogen and oxygen atoms in total. The molecule has 0 unspecified atom stereocenters. The molecule has 3 aromatic rings. The first-order chi connectivity index (χ1) is 14.4. The number of nitrogens with one attached hydrogen (secondary N) is 2. The van der Waals surface area contributed by atoms with Crippen molar-refractivity contribution in [3.8, 4) is 0 Å². The minimum Gasteiger partial charge on any atom is -0.354 e. The van der Waals surface area contributed by atoms with Gasteiger partial charge in [-0.25, -0.2) is 4.79 Å². The van der Waals surface area contributed by atoms with Crippen molar-refractivity contribution >= 4 is 22.7 Å². The number of likely N-dealkylation sites (tertiary alicyclic amines) is 1. The first kappa shape index (κ1) is 20.2. The van der Waals surface area contributed by atoms with Gasteiger partial charge in [-0.15, -0.1) is 0 Å². The van der Waals surface area contributed by atoms with Crippen LogP contribution >= 0.6 is 0 Å². The molecule has 0 aliphatic carbocycles. The lowest BCUT2D eigenvalue weighted by atomic mass is 9.99. The number of H-pyrrole nitrogens is 2. The maximum absolute atomic E-state index is 13.3. The van der Waals surface area contributed by atoms with Gasteiger partial charge in [0, 0.05) is 30.4 Å². The number of para-hydroxylation sites is 2. The van der Waals surface area contributed by atoms with Crippen LogP contribution in [0.2, 0.25) is 0 Å². The van der Waals surface area contributed by atoms with Gasteiger partial charge in [0.1, 0.15) is 5.69 Å². The van der Waals surface area contributed by atoms with Crippen molar-refractivity contribution in [2.45, 2.75) is 52.5 Å². The monoisotopic (exact) mass is 408 g/mol. The summed E-state index contributed by atoms with van der Waals surface area (Å²) in [6.45, 7) is 6.60. The molecule has 7 heteroatoms. The molecule has 2 N–H and O–H groups in total. The van der Waals surface area contributed by atoms with Crippen LogP contribution in [-0.4, -0.2) is 44.2 Å². The normalized spacial score (nSPS) is 15.1. The van der Waals surface area contributed by atoms with Gasteiger partial charge in [-0.3, -0.25) is 14.2 Å². The number of hydrogen-bond acceptors (Lipinski definition) is 3. The van der Waals surface area contributed by atoms with Crippen molar-refractivity contribution in [1.29, 1.82) is 0 Å². The number of nitrogens with zero attached hydrogens (tertiary/aromatic N) is 2. The highest BCUT2D eigenvalue weighted by Gasteiger charge is 2.30. The van der Waals surface area contributed by atoms with Gasteiger partial charge in [-0.1, -0.05) is 25.5 Å². The number of imidazole rings is 1. The molecule has 1 aliphatic heterocycles. The predicted octanol–water partition coefficient (Wildman–Crippen LogP) is 3.60. The van der Waals surface area contributed by atoms with E-state index in [1.165, 1.54) is 0 Å². The first-order valence-corrected chi connectivity index (χ1v) is 10.6. The Morgan fingerprint density at radius 1 is 1.13 bits per heavy atom. The van der Waals surface area contributed by atoms with Gasteiger partial charge < -0.3 is 14.9 Å². The summed E-state index contributed by atoms with van der Waals surface area (Å²) in [5.74, 6) is -0.0672. The summed E-state index contributed by atoms with van der Waals surface area (Å²) in [5.41, 5.74) is 4.43. The number of carbonyl (C=O) groups excluding carboxylic acids is 2. The molecular formula is C23H28N4O3. The molecule has 4 rings (SSSR count). The summed E-state index contributed by atoms with van der Waals surface area (Å²) >= 11 is 0. The fraction of sp³-hybridized carbons (Fsp3) is 0.435. The number of piperidine rings is 1. The van der Waals surface area contributed by atoms with Crippen LogP contribution in [0.5, 0.6) is 0 Å². The lowest BCUT2D eigenvalue weighted by Crippen LogP contribution is -2.41. The highest BCUT2D eigenvalue weighted by atomic mass is 16.2. The molecule has 0 bridgehead atoms. The molecule has 2 aromatic heterocycles. The second kappa shape index (κ2) is 7.97. The molecule has 0 spiro atoms. The first-order valence-electron chi connectivity index (χ1n) is 10.6. The van der Waals surface area contributed by atoms with Crippen LogP contribution in [0.15, 0.2) is 29.1 Å². The summed E-state index contributed by atoms with van der Waals surface area (Å²) in [6.07, 6.45) is 3.00. The molecule has 1 saturated heterocycles. The molecule has 1 aliphatic rings. The number of hydrogen-bond donors (Lipinski definition) is 2. The van der Waals surface area contributed by atoms with E-state index in [2.05, 4.69) is 9.97 Å². The van der Waals surface area contributed by atoms with Gasteiger partial charge in [0.05, 0.1) is 11.0 Å². The van der Waals surface area contributed by atoms with E-state index >= 15 is 0 Å². The molecular weight excluding hydrogens is 380 g/mol. The maximum atomic E-state index is 13.3. The van der Waals surface area contributed by atoms with Crippen molar-refractivity contribution < 1.29 is 9.59 Å². The standard InChI is InChI=1S/C23H28N4O3/c1-4-7-17-20(15(3)28)14(2)24-21(17)22(29)26-12-10-16(11-13-26)27-19-9-6-5-8-18(19)25-23(27)30/h5-6,8-9,16,24H,4,7,10-13H2,1-3H3,(H,25,30). The number of aromatic nitrogens is 3. The smallest absolute Gasteiger partial charge is 0.326 e. The summed E-state index contributed by atoms with van der Waals surface area (Å²) in [7, 11) is 0.